The van der Waals surface area contributed by atoms with E-state index in [0.29, 0.717) is 23.9 Å². The molecule has 1 aromatic heterocycles. The van der Waals surface area contributed by atoms with E-state index in [-0.39, 0.29) is 5.91 Å². The highest BCUT2D eigenvalue weighted by molar-refractivity contribution is 5.94. The number of ether oxygens (including phenoxy) is 1. The largest absolute Gasteiger partial charge is 0.496 e. The van der Waals surface area contributed by atoms with E-state index in [4.69, 9.17) is 9.15 Å². The number of para-hydroxylation sites is 1. The summed E-state index contributed by atoms with van der Waals surface area (Å²) in [5.41, 5.74) is 5.57. The molecule has 3 aromatic carbocycles. The van der Waals surface area contributed by atoms with Crippen molar-refractivity contribution in [2.75, 3.05) is 7.11 Å². The number of carbonyl (C=O) groups is 1. The quantitative estimate of drug-likeness (QED) is 0.483. The van der Waals surface area contributed by atoms with Gasteiger partial charge in [0.25, 0.3) is 5.91 Å². The molecule has 0 radical (unpaired) electrons. The third-order valence-corrected chi connectivity index (χ3v) is 5.10. The molecule has 0 aliphatic carbocycles. The van der Waals surface area contributed by atoms with Crippen molar-refractivity contribution in [2.45, 2.75) is 20.4 Å². The molecule has 1 amide bonds. The lowest BCUT2D eigenvalue weighted by molar-refractivity contribution is 0.0950. The van der Waals surface area contributed by atoms with Crippen LogP contribution in [0.3, 0.4) is 0 Å². The maximum atomic E-state index is 12.6. The molecule has 4 rings (SSSR count). The van der Waals surface area contributed by atoms with Gasteiger partial charge in [0.1, 0.15) is 5.75 Å². The standard InChI is InChI=1S/C25H23N3O3/c1-16-8-9-20(25-28-27-17(2)31-25)14-22(16)18-10-12-19(13-11-18)24(29)26-15-21-6-4-5-7-23(21)30-3/h4-14H,15H2,1-3H3,(H,26,29). The maximum absolute atomic E-state index is 12.6. The number of hydrogen-bond acceptors (Lipinski definition) is 5. The second-order valence-electron chi connectivity index (χ2n) is 7.23. The van der Waals surface area contributed by atoms with Gasteiger partial charge in [0.2, 0.25) is 11.8 Å². The summed E-state index contributed by atoms with van der Waals surface area (Å²) in [5, 5.41) is 10.9. The lowest BCUT2D eigenvalue weighted by Gasteiger charge is -2.11. The van der Waals surface area contributed by atoms with Gasteiger partial charge in [-0.1, -0.05) is 36.4 Å². The summed E-state index contributed by atoms with van der Waals surface area (Å²) >= 11 is 0. The Morgan fingerprint density at radius 1 is 0.968 bits per heavy atom. The summed E-state index contributed by atoms with van der Waals surface area (Å²) in [4.78, 5) is 12.6. The van der Waals surface area contributed by atoms with E-state index in [1.165, 1.54) is 0 Å². The molecule has 1 heterocycles. The molecular formula is C25H23N3O3. The number of hydrogen-bond donors (Lipinski definition) is 1. The molecule has 6 nitrogen and oxygen atoms in total. The highest BCUT2D eigenvalue weighted by Crippen LogP contribution is 2.29. The van der Waals surface area contributed by atoms with Crippen LogP contribution in [0.15, 0.2) is 71.1 Å². The average molecular weight is 413 g/mol. The van der Waals surface area contributed by atoms with Crippen LogP contribution < -0.4 is 10.1 Å². The van der Waals surface area contributed by atoms with Gasteiger partial charge in [-0.25, -0.2) is 0 Å². The first-order chi connectivity index (χ1) is 15.0. The fourth-order valence-corrected chi connectivity index (χ4v) is 3.41. The molecule has 0 saturated carbocycles. The van der Waals surface area contributed by atoms with E-state index in [1.54, 1.807) is 14.0 Å². The van der Waals surface area contributed by atoms with Crippen molar-refractivity contribution in [3.8, 4) is 28.3 Å². The molecule has 0 unspecified atom stereocenters. The van der Waals surface area contributed by atoms with Gasteiger partial charge in [0.05, 0.1) is 7.11 Å². The van der Waals surface area contributed by atoms with Crippen molar-refractivity contribution in [3.05, 3.63) is 89.3 Å². The average Bonchev–Trinajstić information content (AvgIpc) is 3.24. The fraction of sp³-hybridized carbons (Fsp3) is 0.160. The van der Waals surface area contributed by atoms with E-state index in [0.717, 1.165) is 33.6 Å². The van der Waals surface area contributed by atoms with Crippen molar-refractivity contribution in [1.29, 1.82) is 0 Å². The lowest BCUT2D eigenvalue weighted by Crippen LogP contribution is -2.22. The number of carbonyl (C=O) groups excluding carboxylic acids is 1. The molecule has 1 N–H and O–H groups in total. The van der Waals surface area contributed by atoms with Gasteiger partial charge in [0, 0.05) is 30.2 Å². The van der Waals surface area contributed by atoms with Crippen molar-refractivity contribution in [1.82, 2.24) is 15.5 Å². The van der Waals surface area contributed by atoms with E-state index < -0.39 is 0 Å². The molecule has 0 spiro atoms. The molecule has 6 heteroatoms. The van der Waals surface area contributed by atoms with Crippen LogP contribution >= 0.6 is 0 Å². The van der Waals surface area contributed by atoms with E-state index in [9.17, 15) is 4.79 Å². The number of amides is 1. The molecule has 156 valence electrons. The van der Waals surface area contributed by atoms with Crippen molar-refractivity contribution in [2.24, 2.45) is 0 Å². The summed E-state index contributed by atoms with van der Waals surface area (Å²) < 4.78 is 10.9. The zero-order valence-electron chi connectivity index (χ0n) is 17.7. The number of aryl methyl sites for hydroxylation is 2. The molecule has 0 fully saturated rings. The summed E-state index contributed by atoms with van der Waals surface area (Å²) in [5.74, 6) is 1.64. The summed E-state index contributed by atoms with van der Waals surface area (Å²) in [6.45, 7) is 4.21. The summed E-state index contributed by atoms with van der Waals surface area (Å²) in [7, 11) is 1.62. The Balaban J connectivity index is 1.51. The maximum Gasteiger partial charge on any atom is 0.251 e. The van der Waals surface area contributed by atoms with Gasteiger partial charge < -0.3 is 14.5 Å². The molecule has 0 atom stereocenters. The second kappa shape index (κ2) is 8.83. The Bertz CT molecular complexity index is 1210. The first kappa shape index (κ1) is 20.3. The van der Waals surface area contributed by atoms with Crippen LogP contribution in [0.25, 0.3) is 22.6 Å². The second-order valence-corrected chi connectivity index (χ2v) is 7.23. The van der Waals surface area contributed by atoms with Gasteiger partial charge in [-0.2, -0.15) is 0 Å². The molecule has 0 aliphatic rings. The molecule has 31 heavy (non-hydrogen) atoms. The fourth-order valence-electron chi connectivity index (χ4n) is 3.41. The number of benzene rings is 3. The topological polar surface area (TPSA) is 77.2 Å². The summed E-state index contributed by atoms with van der Waals surface area (Å²) in [6, 6.07) is 21.2. The highest BCUT2D eigenvalue weighted by atomic mass is 16.5. The highest BCUT2D eigenvalue weighted by Gasteiger charge is 2.11. The Labute approximate surface area is 180 Å². The van der Waals surface area contributed by atoms with E-state index in [1.807, 2.05) is 73.7 Å². The van der Waals surface area contributed by atoms with Crippen LogP contribution in [-0.2, 0) is 6.54 Å². The zero-order chi connectivity index (χ0) is 21.8. The predicted octanol–water partition coefficient (Wildman–Crippen LogP) is 4.96. The van der Waals surface area contributed by atoms with Crippen LogP contribution in [0.1, 0.15) is 27.4 Å². The van der Waals surface area contributed by atoms with Gasteiger partial charge >= 0.3 is 0 Å². The van der Waals surface area contributed by atoms with E-state index in [2.05, 4.69) is 15.5 Å². The van der Waals surface area contributed by atoms with Crippen molar-refractivity contribution < 1.29 is 13.9 Å². The predicted molar refractivity (Wildman–Crippen MR) is 119 cm³/mol. The van der Waals surface area contributed by atoms with Gasteiger partial charge in [-0.3, -0.25) is 4.79 Å². The van der Waals surface area contributed by atoms with Crippen molar-refractivity contribution in [3.63, 3.8) is 0 Å². The third-order valence-electron chi connectivity index (χ3n) is 5.10. The smallest absolute Gasteiger partial charge is 0.251 e. The number of nitrogens with zero attached hydrogens (tertiary/aromatic N) is 2. The van der Waals surface area contributed by atoms with Crippen LogP contribution in [0, 0.1) is 13.8 Å². The SMILES string of the molecule is COc1ccccc1CNC(=O)c1ccc(-c2cc(-c3nnc(C)o3)ccc2C)cc1. The van der Waals surface area contributed by atoms with Crippen molar-refractivity contribution >= 4 is 5.91 Å². The first-order valence-corrected chi connectivity index (χ1v) is 9.97. The molecular weight excluding hydrogens is 390 g/mol. The Hall–Kier alpha value is -3.93. The lowest BCUT2D eigenvalue weighted by atomic mass is 9.97. The Kier molecular flexibility index (Phi) is 5.80. The molecule has 4 aromatic rings. The van der Waals surface area contributed by atoms with E-state index >= 15 is 0 Å². The normalized spacial score (nSPS) is 10.7. The number of nitrogens with one attached hydrogen (secondary N) is 1. The van der Waals surface area contributed by atoms with Crippen LogP contribution in [0.5, 0.6) is 5.75 Å². The minimum atomic E-state index is -0.135. The molecule has 0 bridgehead atoms. The van der Waals surface area contributed by atoms with Crippen LogP contribution in [-0.4, -0.2) is 23.2 Å². The summed E-state index contributed by atoms with van der Waals surface area (Å²) in [6.07, 6.45) is 0. The number of aromatic nitrogens is 2. The van der Waals surface area contributed by atoms with Gasteiger partial charge in [0.15, 0.2) is 0 Å². The zero-order valence-corrected chi connectivity index (χ0v) is 17.7. The minimum absolute atomic E-state index is 0.135. The number of rotatable bonds is 6. The number of methoxy groups -OCH3 is 1. The Morgan fingerprint density at radius 2 is 1.71 bits per heavy atom. The third kappa shape index (κ3) is 4.48. The van der Waals surface area contributed by atoms with Crippen LogP contribution in [0.2, 0.25) is 0 Å². The monoisotopic (exact) mass is 413 g/mol. The molecule has 0 aliphatic heterocycles. The van der Waals surface area contributed by atoms with Gasteiger partial charge in [-0.15, -0.1) is 10.2 Å². The first-order valence-electron chi connectivity index (χ1n) is 9.97. The molecule has 0 saturated heterocycles. The minimum Gasteiger partial charge on any atom is -0.496 e. The van der Waals surface area contributed by atoms with Crippen LogP contribution in [0.4, 0.5) is 0 Å². The Morgan fingerprint density at radius 3 is 2.42 bits per heavy atom. The van der Waals surface area contributed by atoms with Gasteiger partial charge in [-0.05, 0) is 53.9 Å².